The highest BCUT2D eigenvalue weighted by Crippen LogP contribution is 2.62. The monoisotopic (exact) mass is 585 g/mol. The van der Waals surface area contributed by atoms with Crippen molar-refractivity contribution in [2.24, 2.45) is 17.8 Å². The summed E-state index contributed by atoms with van der Waals surface area (Å²) in [5.74, 6) is 1.95. The van der Waals surface area contributed by atoms with Gasteiger partial charge in [-0.05, 0) is 121 Å². The van der Waals surface area contributed by atoms with Crippen LogP contribution in [-0.2, 0) is 29.4 Å². The lowest BCUT2D eigenvalue weighted by Gasteiger charge is -2.57. The topological polar surface area (TPSA) is 49.4 Å². The summed E-state index contributed by atoms with van der Waals surface area (Å²) in [5, 5.41) is 11.1. The van der Waals surface area contributed by atoms with E-state index < -0.39 is 17.7 Å². The second kappa shape index (κ2) is 12.1. The molecule has 4 saturated carbocycles. The molecule has 43 heavy (non-hydrogen) atoms. The van der Waals surface area contributed by atoms with Gasteiger partial charge in [0.2, 0.25) is 0 Å². The second-order valence-corrected chi connectivity index (χ2v) is 12.7. The molecule has 4 aliphatic rings. The van der Waals surface area contributed by atoms with Crippen LogP contribution in [0.25, 0.3) is 5.57 Å². The molecule has 224 valence electrons. The smallest absolute Gasteiger partial charge is 0.416 e. The summed E-state index contributed by atoms with van der Waals surface area (Å²) in [7, 11) is 0. The molecule has 7 rings (SSSR count). The Morgan fingerprint density at radius 1 is 0.860 bits per heavy atom. The van der Waals surface area contributed by atoms with E-state index in [0.29, 0.717) is 30.6 Å². The van der Waals surface area contributed by atoms with Crippen LogP contribution in [0.1, 0.15) is 72.8 Å². The molecule has 0 radical (unpaired) electrons. The van der Waals surface area contributed by atoms with E-state index in [9.17, 15) is 23.1 Å². The number of aliphatic carboxylic acids is 1. The van der Waals surface area contributed by atoms with Gasteiger partial charge < -0.3 is 14.6 Å². The number of carbonyl (C=O) groups is 1. The van der Waals surface area contributed by atoms with Gasteiger partial charge in [-0.3, -0.25) is 0 Å². The average molecular weight is 586 g/mol. The highest BCUT2D eigenvalue weighted by atomic mass is 19.4. The van der Waals surface area contributed by atoms with Crippen molar-refractivity contribution >= 4 is 11.5 Å². The largest absolute Gasteiger partial charge is 0.545 e. The summed E-state index contributed by atoms with van der Waals surface area (Å²) in [5.41, 5.74) is 3.60. The minimum atomic E-state index is -4.49. The van der Waals surface area contributed by atoms with Gasteiger partial charge in [-0.25, -0.2) is 0 Å². The Kier molecular flexibility index (Phi) is 8.21. The first kappa shape index (κ1) is 29.3. The van der Waals surface area contributed by atoms with Crippen LogP contribution in [0.2, 0.25) is 0 Å². The van der Waals surface area contributed by atoms with Crippen molar-refractivity contribution in [1.29, 1.82) is 0 Å². The predicted molar refractivity (Wildman–Crippen MR) is 159 cm³/mol. The summed E-state index contributed by atoms with van der Waals surface area (Å²) in [6, 6.07) is 21.6. The first-order chi connectivity index (χ1) is 20.7. The quantitative estimate of drug-likeness (QED) is 0.179. The zero-order chi connectivity index (χ0) is 30.0. The third-order valence-corrected chi connectivity index (χ3v) is 9.61. The first-order valence-electron chi connectivity index (χ1n) is 15.2. The number of benzene rings is 3. The van der Waals surface area contributed by atoms with Crippen molar-refractivity contribution in [3.8, 4) is 5.75 Å². The number of rotatable bonds is 10. The molecule has 0 aromatic heterocycles. The number of hydrogen-bond acceptors (Lipinski definition) is 3. The Labute approximate surface area is 251 Å². The maximum absolute atomic E-state index is 13.3. The van der Waals surface area contributed by atoms with E-state index in [1.54, 1.807) is 12.1 Å². The van der Waals surface area contributed by atoms with Crippen LogP contribution in [0.15, 0.2) is 91.0 Å². The van der Waals surface area contributed by atoms with Gasteiger partial charge in [-0.15, -0.1) is 0 Å². The van der Waals surface area contributed by atoms with Gasteiger partial charge in [0, 0.05) is 5.56 Å². The fourth-order valence-corrected chi connectivity index (χ4v) is 8.16. The van der Waals surface area contributed by atoms with E-state index in [0.717, 1.165) is 52.8 Å². The summed E-state index contributed by atoms with van der Waals surface area (Å²) in [4.78, 5) is 11.1. The normalized spacial score (nSPS) is 24.9. The standard InChI is InChI=1S/C37H37F3O3/c38-37(39,40)32-11-5-10-31(20-32)30(13-15-35(41)42)9-4-8-25-12-14-33(34(19-25)43-24-26-6-2-1-3-7-26)36-21-27-16-28(22-36)18-29(17-27)23-36/h1-3,5-7,9-15,19-20,27-29H,4,8,16-18,21-24H2,(H,41,42)/p-1/b15-13?,30-9-. The maximum atomic E-state index is 13.3. The number of carbonyl (C=O) groups excluding carboxylic acids is 1. The van der Waals surface area contributed by atoms with Crippen LogP contribution in [0.3, 0.4) is 0 Å². The van der Waals surface area contributed by atoms with E-state index in [2.05, 4.69) is 30.3 Å². The molecular formula is C37H36F3O3-. The van der Waals surface area contributed by atoms with Gasteiger partial charge in [-0.1, -0.05) is 66.7 Å². The lowest BCUT2D eigenvalue weighted by atomic mass is 9.48. The van der Waals surface area contributed by atoms with Crippen LogP contribution in [0, 0.1) is 17.8 Å². The highest BCUT2D eigenvalue weighted by Gasteiger charge is 2.52. The maximum Gasteiger partial charge on any atom is 0.416 e. The van der Waals surface area contributed by atoms with E-state index in [4.69, 9.17) is 4.74 Å². The zero-order valence-corrected chi connectivity index (χ0v) is 24.1. The van der Waals surface area contributed by atoms with Crippen molar-refractivity contribution in [2.75, 3.05) is 0 Å². The molecule has 0 spiro atoms. The van der Waals surface area contributed by atoms with Crippen molar-refractivity contribution in [3.05, 3.63) is 119 Å². The number of ether oxygens (including phenoxy) is 1. The Morgan fingerprint density at radius 2 is 1.56 bits per heavy atom. The molecule has 0 unspecified atom stereocenters. The number of allylic oxidation sites excluding steroid dienone is 3. The van der Waals surface area contributed by atoms with Crippen LogP contribution in [0.4, 0.5) is 13.2 Å². The summed E-state index contributed by atoms with van der Waals surface area (Å²) >= 11 is 0. The van der Waals surface area contributed by atoms with Gasteiger partial charge in [0.1, 0.15) is 12.4 Å². The Balaban J connectivity index is 1.26. The second-order valence-electron chi connectivity index (χ2n) is 12.7. The first-order valence-corrected chi connectivity index (χ1v) is 15.2. The van der Waals surface area contributed by atoms with Crippen molar-refractivity contribution in [3.63, 3.8) is 0 Å². The number of halogens is 3. The predicted octanol–water partition coefficient (Wildman–Crippen LogP) is 8.07. The summed E-state index contributed by atoms with van der Waals surface area (Å²) in [6.07, 6.45) is 8.37. The molecule has 0 atom stereocenters. The van der Waals surface area contributed by atoms with Gasteiger partial charge in [-0.2, -0.15) is 13.2 Å². The van der Waals surface area contributed by atoms with Crippen molar-refractivity contribution < 1.29 is 27.8 Å². The molecular weight excluding hydrogens is 549 g/mol. The number of carboxylic acids is 1. The fourth-order valence-electron chi connectivity index (χ4n) is 8.16. The van der Waals surface area contributed by atoms with Gasteiger partial charge in [0.25, 0.3) is 0 Å². The minimum absolute atomic E-state index is 0.172. The van der Waals surface area contributed by atoms with Crippen molar-refractivity contribution in [1.82, 2.24) is 0 Å². The molecule has 0 amide bonds. The van der Waals surface area contributed by atoms with Crippen LogP contribution in [-0.4, -0.2) is 5.97 Å². The van der Waals surface area contributed by atoms with E-state index in [1.165, 1.54) is 56.2 Å². The Morgan fingerprint density at radius 3 is 2.21 bits per heavy atom. The molecule has 0 N–H and O–H groups in total. The lowest BCUT2D eigenvalue weighted by molar-refractivity contribution is -0.297. The van der Waals surface area contributed by atoms with E-state index in [-0.39, 0.29) is 5.41 Å². The van der Waals surface area contributed by atoms with E-state index in [1.807, 2.05) is 18.2 Å². The van der Waals surface area contributed by atoms with Gasteiger partial charge in [0.05, 0.1) is 11.5 Å². The fraction of sp³-hybridized carbons (Fsp3) is 0.378. The SMILES string of the molecule is O=C([O-])C=C/C(=C/CCc1ccc(C23CC4CC(CC(C4)C2)C3)c(OCc2ccccc2)c1)c1cccc(C(F)(F)F)c1. The summed E-state index contributed by atoms with van der Waals surface area (Å²) in [6.45, 7) is 0.483. The van der Waals surface area contributed by atoms with Crippen LogP contribution >= 0.6 is 0 Å². The zero-order valence-electron chi connectivity index (χ0n) is 24.1. The number of alkyl halides is 3. The van der Waals surface area contributed by atoms with Gasteiger partial charge in [0.15, 0.2) is 0 Å². The molecule has 6 heteroatoms. The molecule has 4 bridgehead atoms. The molecule has 4 aliphatic carbocycles. The molecule has 0 heterocycles. The highest BCUT2D eigenvalue weighted by molar-refractivity contribution is 5.84. The Hall–Kier alpha value is -3.80. The van der Waals surface area contributed by atoms with Crippen molar-refractivity contribution in [2.45, 2.75) is 69.6 Å². The molecule has 3 aromatic carbocycles. The molecule has 4 fully saturated rings. The molecule has 3 nitrogen and oxygen atoms in total. The lowest BCUT2D eigenvalue weighted by Crippen LogP contribution is -2.48. The molecule has 0 aliphatic heterocycles. The van der Waals surface area contributed by atoms with Crippen LogP contribution in [0.5, 0.6) is 5.75 Å². The average Bonchev–Trinajstić information content (AvgIpc) is 2.97. The Bertz CT molecular complexity index is 1480. The van der Waals surface area contributed by atoms with Crippen LogP contribution < -0.4 is 9.84 Å². The number of aryl methyl sites for hydroxylation is 1. The number of carboxylic acid groups (broad SMARTS) is 1. The third kappa shape index (κ3) is 6.74. The summed E-state index contributed by atoms with van der Waals surface area (Å²) < 4.78 is 46.6. The number of hydrogen-bond donors (Lipinski definition) is 0. The molecule has 0 saturated heterocycles. The molecule has 3 aromatic rings. The van der Waals surface area contributed by atoms with Gasteiger partial charge >= 0.3 is 6.18 Å². The van der Waals surface area contributed by atoms with E-state index >= 15 is 0 Å². The third-order valence-electron chi connectivity index (χ3n) is 9.61. The minimum Gasteiger partial charge on any atom is -0.545 e.